The summed E-state index contributed by atoms with van der Waals surface area (Å²) in [6, 6.07) is 14.2. The lowest BCUT2D eigenvalue weighted by Crippen LogP contribution is -2.33. The predicted octanol–water partition coefficient (Wildman–Crippen LogP) is 5.16. The molecule has 2 aromatic carbocycles. The van der Waals surface area contributed by atoms with Crippen LogP contribution in [0, 0.1) is 5.41 Å². The monoisotopic (exact) mass is 398 g/mol. The average molecular weight is 398 g/mol. The normalized spacial score (nSPS) is 21.3. The van der Waals surface area contributed by atoms with Gasteiger partial charge in [-0.2, -0.15) is 0 Å². The molecule has 0 radical (unpaired) electrons. The zero-order valence-electron chi connectivity index (χ0n) is 17.0. The molecule has 1 aromatic heterocycles. The number of ketones is 1. The number of aromatic nitrogens is 1. The van der Waals surface area contributed by atoms with Crippen LogP contribution in [0.15, 0.2) is 59.9 Å². The Hall–Kier alpha value is -3.34. The lowest BCUT2D eigenvalue weighted by Gasteiger charge is -2.39. The van der Waals surface area contributed by atoms with Crippen molar-refractivity contribution >= 4 is 22.4 Å². The van der Waals surface area contributed by atoms with Gasteiger partial charge in [-0.05, 0) is 53.3 Å². The number of fused-ring (bicyclic) bond motifs is 4. The minimum Gasteiger partial charge on any atom is -0.454 e. The van der Waals surface area contributed by atoms with E-state index < -0.39 is 0 Å². The van der Waals surface area contributed by atoms with Crippen molar-refractivity contribution in [3.8, 4) is 11.5 Å². The Kier molecular flexibility index (Phi) is 3.55. The summed E-state index contributed by atoms with van der Waals surface area (Å²) in [6.45, 7) is 4.55. The van der Waals surface area contributed by atoms with Gasteiger partial charge in [0.25, 0.3) is 0 Å². The van der Waals surface area contributed by atoms with Crippen molar-refractivity contribution in [1.82, 2.24) is 4.98 Å². The van der Waals surface area contributed by atoms with Gasteiger partial charge in [-0.3, -0.25) is 9.78 Å². The van der Waals surface area contributed by atoms with Crippen LogP contribution in [0.1, 0.15) is 43.7 Å². The maximum Gasteiger partial charge on any atom is 0.231 e. The number of Topliss-reactive ketones (excluding diaryl/α,β-unsaturated/α-hetero) is 1. The van der Waals surface area contributed by atoms with Crippen molar-refractivity contribution in [3.05, 3.63) is 71.1 Å². The molecule has 5 heteroatoms. The zero-order valence-corrected chi connectivity index (χ0v) is 17.0. The number of carbonyl (C=O) groups excluding carboxylic acids is 1. The maximum absolute atomic E-state index is 13.4. The van der Waals surface area contributed by atoms with Gasteiger partial charge in [0.15, 0.2) is 17.3 Å². The molecule has 150 valence electrons. The second-order valence-corrected chi connectivity index (χ2v) is 9.10. The fraction of sp³-hybridized carbons (Fsp3) is 0.280. The topological polar surface area (TPSA) is 60.5 Å². The number of anilines is 1. The molecule has 0 saturated carbocycles. The van der Waals surface area contributed by atoms with Crippen molar-refractivity contribution in [2.75, 3.05) is 12.1 Å². The van der Waals surface area contributed by atoms with Crippen LogP contribution in [0.5, 0.6) is 11.5 Å². The highest BCUT2D eigenvalue weighted by atomic mass is 16.7. The van der Waals surface area contributed by atoms with E-state index in [0.717, 1.165) is 56.9 Å². The molecule has 5 nitrogen and oxygen atoms in total. The standard InChI is InChI=1S/C25H22N2O3/c1-25(2)11-18-23(19(28)12-25)22(14-5-8-20-21(10-14)30-13-29-20)16-6-7-17-15(24(16)27-18)4-3-9-26-17/h3-10,22,27H,11-13H2,1-2H3/t22-/m1/s1. The highest BCUT2D eigenvalue weighted by molar-refractivity contribution is 6.04. The average Bonchev–Trinajstić information content (AvgIpc) is 3.19. The first-order chi connectivity index (χ1) is 14.5. The van der Waals surface area contributed by atoms with E-state index in [1.54, 1.807) is 0 Å². The van der Waals surface area contributed by atoms with Crippen molar-refractivity contribution in [2.45, 2.75) is 32.6 Å². The van der Waals surface area contributed by atoms with Gasteiger partial charge in [-0.25, -0.2) is 0 Å². The van der Waals surface area contributed by atoms with E-state index in [-0.39, 0.29) is 23.9 Å². The summed E-state index contributed by atoms with van der Waals surface area (Å²) in [6.07, 6.45) is 3.20. The second kappa shape index (κ2) is 6.08. The molecule has 0 saturated heterocycles. The number of nitrogens with one attached hydrogen (secondary N) is 1. The summed E-state index contributed by atoms with van der Waals surface area (Å²) in [5.74, 6) is 1.56. The fourth-order valence-corrected chi connectivity index (χ4v) is 5.08. The van der Waals surface area contributed by atoms with E-state index >= 15 is 0 Å². The largest absolute Gasteiger partial charge is 0.454 e. The first-order valence-corrected chi connectivity index (χ1v) is 10.3. The minimum absolute atomic E-state index is 0.0668. The van der Waals surface area contributed by atoms with Gasteiger partial charge in [-0.15, -0.1) is 0 Å². The number of hydrogen-bond acceptors (Lipinski definition) is 5. The van der Waals surface area contributed by atoms with E-state index in [4.69, 9.17) is 9.47 Å². The number of hydrogen-bond donors (Lipinski definition) is 1. The molecular formula is C25H22N2O3. The molecule has 0 bridgehead atoms. The van der Waals surface area contributed by atoms with Crippen LogP contribution in [0.4, 0.5) is 5.69 Å². The smallest absolute Gasteiger partial charge is 0.231 e. The Morgan fingerprint density at radius 2 is 1.93 bits per heavy atom. The van der Waals surface area contributed by atoms with Gasteiger partial charge >= 0.3 is 0 Å². The van der Waals surface area contributed by atoms with Gasteiger partial charge in [0.1, 0.15) is 0 Å². The molecule has 3 heterocycles. The first kappa shape index (κ1) is 17.5. The first-order valence-electron chi connectivity index (χ1n) is 10.3. The molecule has 2 aliphatic heterocycles. The van der Waals surface area contributed by atoms with Crippen LogP contribution >= 0.6 is 0 Å². The van der Waals surface area contributed by atoms with Crippen molar-refractivity contribution in [3.63, 3.8) is 0 Å². The summed E-state index contributed by atoms with van der Waals surface area (Å²) < 4.78 is 11.1. The molecule has 3 aromatic rings. The van der Waals surface area contributed by atoms with Gasteiger partial charge in [0.2, 0.25) is 6.79 Å². The van der Waals surface area contributed by atoms with Gasteiger partial charge < -0.3 is 14.8 Å². The molecule has 1 atom stereocenters. The summed E-state index contributed by atoms with van der Waals surface area (Å²) in [7, 11) is 0. The Morgan fingerprint density at radius 3 is 2.83 bits per heavy atom. The van der Waals surface area contributed by atoms with E-state index in [1.165, 1.54) is 0 Å². The number of pyridine rings is 1. The number of allylic oxidation sites excluding steroid dienone is 2. The molecule has 0 spiro atoms. The van der Waals surface area contributed by atoms with Gasteiger partial charge in [0, 0.05) is 35.2 Å². The SMILES string of the molecule is CC1(C)CC(=O)C2=C(C1)Nc1c(ccc3ncccc13)[C@H]2c1ccc2c(c1)OCO2. The third-order valence-electron chi connectivity index (χ3n) is 6.34. The minimum atomic E-state index is -0.140. The number of benzene rings is 2. The van der Waals surface area contributed by atoms with Crippen molar-refractivity contribution in [2.24, 2.45) is 5.41 Å². The molecule has 30 heavy (non-hydrogen) atoms. The fourth-order valence-electron chi connectivity index (χ4n) is 5.08. The Balaban J connectivity index is 1.61. The summed E-state index contributed by atoms with van der Waals surface area (Å²) in [4.78, 5) is 17.9. The molecule has 1 N–H and O–H groups in total. The van der Waals surface area contributed by atoms with Crippen molar-refractivity contribution in [1.29, 1.82) is 0 Å². The van der Waals surface area contributed by atoms with Crippen LogP contribution in [0.25, 0.3) is 10.9 Å². The molecule has 0 fully saturated rings. The van der Waals surface area contributed by atoms with E-state index in [1.807, 2.05) is 30.5 Å². The maximum atomic E-state index is 13.4. The number of rotatable bonds is 1. The van der Waals surface area contributed by atoms with Crippen molar-refractivity contribution < 1.29 is 14.3 Å². The van der Waals surface area contributed by atoms with Gasteiger partial charge in [0.05, 0.1) is 11.2 Å². The van der Waals surface area contributed by atoms with Crippen LogP contribution in [-0.2, 0) is 4.79 Å². The summed E-state index contributed by atoms with van der Waals surface area (Å²) in [5, 5.41) is 4.72. The third-order valence-corrected chi connectivity index (χ3v) is 6.34. The zero-order chi connectivity index (χ0) is 20.5. The molecule has 3 aliphatic rings. The second-order valence-electron chi connectivity index (χ2n) is 9.10. The molecule has 6 rings (SSSR count). The van der Waals surface area contributed by atoms with E-state index in [2.05, 4.69) is 42.3 Å². The quantitative estimate of drug-likeness (QED) is 0.613. The number of carbonyl (C=O) groups is 1. The highest BCUT2D eigenvalue weighted by Gasteiger charge is 2.41. The molecule has 1 aliphatic carbocycles. The number of nitrogens with zero attached hydrogens (tertiary/aromatic N) is 1. The lowest BCUT2D eigenvalue weighted by atomic mass is 9.68. The predicted molar refractivity (Wildman–Crippen MR) is 115 cm³/mol. The Morgan fingerprint density at radius 1 is 1.07 bits per heavy atom. The summed E-state index contributed by atoms with van der Waals surface area (Å²) in [5.41, 5.74) is 5.98. The van der Waals surface area contributed by atoms with Crippen LogP contribution in [-0.4, -0.2) is 17.6 Å². The molecule has 0 unspecified atom stereocenters. The van der Waals surface area contributed by atoms with Crippen LogP contribution in [0.2, 0.25) is 0 Å². The molecule has 0 amide bonds. The Labute approximate surface area is 174 Å². The third kappa shape index (κ3) is 2.54. The Bertz CT molecular complexity index is 1260. The number of ether oxygens (including phenoxy) is 2. The highest BCUT2D eigenvalue weighted by Crippen LogP contribution is 2.51. The van der Waals surface area contributed by atoms with E-state index in [9.17, 15) is 4.79 Å². The molecular weight excluding hydrogens is 376 g/mol. The lowest BCUT2D eigenvalue weighted by molar-refractivity contribution is -0.118. The van der Waals surface area contributed by atoms with Gasteiger partial charge in [-0.1, -0.05) is 26.0 Å². The van der Waals surface area contributed by atoms with E-state index in [0.29, 0.717) is 6.42 Å². The van der Waals surface area contributed by atoms with Crippen LogP contribution < -0.4 is 14.8 Å². The van der Waals surface area contributed by atoms with Crippen LogP contribution in [0.3, 0.4) is 0 Å². The summed E-state index contributed by atoms with van der Waals surface area (Å²) >= 11 is 0.